The van der Waals surface area contributed by atoms with Gasteiger partial charge < -0.3 is 10.1 Å². The molecule has 110 valence electrons. The molecule has 0 saturated heterocycles. The molecule has 1 aromatic carbocycles. The highest BCUT2D eigenvalue weighted by molar-refractivity contribution is 5.75. The molecule has 6 heteroatoms. The van der Waals surface area contributed by atoms with E-state index in [4.69, 9.17) is 4.74 Å². The van der Waals surface area contributed by atoms with Gasteiger partial charge in [0.15, 0.2) is 0 Å². The minimum Gasteiger partial charge on any atom is -0.493 e. The molecule has 1 heterocycles. The Balaban J connectivity index is 1.75. The second-order valence-electron chi connectivity index (χ2n) is 4.91. The van der Waals surface area contributed by atoms with E-state index in [1.807, 2.05) is 24.3 Å². The molecule has 0 spiro atoms. The van der Waals surface area contributed by atoms with E-state index in [0.29, 0.717) is 13.2 Å². The number of hydrogen-bond acceptors (Lipinski definition) is 2. The molecule has 0 radical (unpaired) electrons. The van der Waals surface area contributed by atoms with E-state index in [1.54, 1.807) is 0 Å². The summed E-state index contributed by atoms with van der Waals surface area (Å²) in [5.41, 5.74) is 1.06. The largest absolute Gasteiger partial charge is 0.493 e. The summed E-state index contributed by atoms with van der Waals surface area (Å²) in [4.78, 5) is 11.3. The maximum atomic E-state index is 12.0. The molecule has 1 N–H and O–H groups in total. The zero-order chi connectivity index (χ0) is 14.6. The van der Waals surface area contributed by atoms with Crippen molar-refractivity contribution in [1.82, 2.24) is 5.32 Å². The summed E-state index contributed by atoms with van der Waals surface area (Å²) in [6.07, 6.45) is -5.13. The Morgan fingerprint density at radius 1 is 1.35 bits per heavy atom. The van der Waals surface area contributed by atoms with Crippen molar-refractivity contribution in [3.05, 3.63) is 29.8 Å². The smallest absolute Gasteiger partial charge is 0.389 e. The number of amides is 1. The Kier molecular flexibility index (Phi) is 4.52. The van der Waals surface area contributed by atoms with Crippen LogP contribution in [0.1, 0.15) is 18.4 Å². The molecular weight excluding hydrogens is 271 g/mol. The van der Waals surface area contributed by atoms with Gasteiger partial charge in [0, 0.05) is 18.9 Å². The van der Waals surface area contributed by atoms with Crippen LogP contribution in [0, 0.1) is 5.92 Å². The highest BCUT2D eigenvalue weighted by atomic mass is 19.4. The standard InChI is InChI=1S/C14H16F3NO2/c15-14(16,17)6-5-13(19)18-8-10-7-11-3-1-2-4-12(11)20-9-10/h1-4,10H,5-9H2,(H,18,19)/t10-/m0/s1. The Morgan fingerprint density at radius 2 is 2.10 bits per heavy atom. The number of fused-ring (bicyclic) bond motifs is 1. The molecule has 1 aliphatic rings. The summed E-state index contributed by atoms with van der Waals surface area (Å²) in [6.45, 7) is 0.807. The van der Waals surface area contributed by atoms with Crippen molar-refractivity contribution in [1.29, 1.82) is 0 Å². The van der Waals surface area contributed by atoms with Crippen LogP contribution in [0.3, 0.4) is 0 Å². The maximum Gasteiger partial charge on any atom is 0.389 e. The topological polar surface area (TPSA) is 38.3 Å². The van der Waals surface area contributed by atoms with Gasteiger partial charge in [-0.15, -0.1) is 0 Å². The van der Waals surface area contributed by atoms with Crippen LogP contribution in [0.25, 0.3) is 0 Å². The number of carbonyl (C=O) groups is 1. The molecule has 3 nitrogen and oxygen atoms in total. The molecule has 0 saturated carbocycles. The lowest BCUT2D eigenvalue weighted by molar-refractivity contribution is -0.144. The molecule has 0 fully saturated rings. The Bertz CT molecular complexity index is 474. The number of halogens is 3. The molecular formula is C14H16F3NO2. The third-order valence-electron chi connectivity index (χ3n) is 3.18. The lowest BCUT2D eigenvalue weighted by Crippen LogP contribution is -2.35. The number of benzene rings is 1. The number of carbonyl (C=O) groups excluding carboxylic acids is 1. The normalized spacial score (nSPS) is 18.1. The number of hydrogen-bond donors (Lipinski definition) is 1. The fourth-order valence-electron chi connectivity index (χ4n) is 2.12. The third kappa shape index (κ3) is 4.43. The molecule has 0 aliphatic carbocycles. The summed E-state index contributed by atoms with van der Waals surface area (Å²) in [5, 5.41) is 2.54. The van der Waals surface area contributed by atoms with Gasteiger partial charge >= 0.3 is 6.18 Å². The van der Waals surface area contributed by atoms with Gasteiger partial charge in [0.2, 0.25) is 5.91 Å². The van der Waals surface area contributed by atoms with E-state index < -0.39 is 24.9 Å². The van der Waals surface area contributed by atoms with Crippen molar-refractivity contribution in [2.45, 2.75) is 25.4 Å². The van der Waals surface area contributed by atoms with Crippen molar-refractivity contribution in [2.75, 3.05) is 13.2 Å². The second-order valence-corrected chi connectivity index (χ2v) is 4.91. The molecule has 1 aliphatic heterocycles. The molecule has 0 unspecified atom stereocenters. The van der Waals surface area contributed by atoms with Crippen molar-refractivity contribution in [2.24, 2.45) is 5.92 Å². The zero-order valence-corrected chi connectivity index (χ0v) is 10.9. The molecule has 1 amide bonds. The molecule has 0 bridgehead atoms. The highest BCUT2D eigenvalue weighted by Crippen LogP contribution is 2.26. The average molecular weight is 287 g/mol. The van der Waals surface area contributed by atoms with Crippen molar-refractivity contribution in [3.8, 4) is 5.75 Å². The molecule has 1 aromatic rings. The van der Waals surface area contributed by atoms with Crippen LogP contribution in [0.4, 0.5) is 13.2 Å². The van der Waals surface area contributed by atoms with Gasteiger partial charge in [-0.25, -0.2) is 0 Å². The Morgan fingerprint density at radius 3 is 2.85 bits per heavy atom. The zero-order valence-electron chi connectivity index (χ0n) is 10.9. The van der Waals surface area contributed by atoms with Crippen LogP contribution in [0.15, 0.2) is 24.3 Å². The monoisotopic (exact) mass is 287 g/mol. The summed E-state index contributed by atoms with van der Waals surface area (Å²) in [5.74, 6) is 0.369. The summed E-state index contributed by atoms with van der Waals surface area (Å²) in [7, 11) is 0. The van der Waals surface area contributed by atoms with E-state index in [-0.39, 0.29) is 5.92 Å². The van der Waals surface area contributed by atoms with Crippen molar-refractivity contribution >= 4 is 5.91 Å². The predicted molar refractivity (Wildman–Crippen MR) is 67.4 cm³/mol. The summed E-state index contributed by atoms with van der Waals surface area (Å²) in [6, 6.07) is 7.63. The number of rotatable bonds is 4. The Labute approximate surface area is 115 Å². The van der Waals surface area contributed by atoms with Gasteiger partial charge in [0.05, 0.1) is 13.0 Å². The van der Waals surface area contributed by atoms with Crippen LogP contribution in [-0.4, -0.2) is 25.2 Å². The van der Waals surface area contributed by atoms with E-state index >= 15 is 0 Å². The fraction of sp³-hybridized carbons (Fsp3) is 0.500. The molecule has 0 aromatic heterocycles. The van der Waals surface area contributed by atoms with E-state index in [9.17, 15) is 18.0 Å². The molecule has 1 atom stereocenters. The SMILES string of the molecule is O=C(CCC(F)(F)F)NC[C@H]1COc2ccccc2C1. The second kappa shape index (κ2) is 6.15. The first kappa shape index (κ1) is 14.7. The average Bonchev–Trinajstić information content (AvgIpc) is 2.42. The Hall–Kier alpha value is -1.72. The summed E-state index contributed by atoms with van der Waals surface area (Å²) < 4.78 is 41.5. The third-order valence-corrected chi connectivity index (χ3v) is 3.18. The first-order chi connectivity index (χ1) is 9.44. The number of nitrogens with one attached hydrogen (secondary N) is 1. The first-order valence-corrected chi connectivity index (χ1v) is 6.48. The van der Waals surface area contributed by atoms with Crippen LogP contribution in [-0.2, 0) is 11.2 Å². The lowest BCUT2D eigenvalue weighted by atomic mass is 9.97. The van der Waals surface area contributed by atoms with Gasteiger partial charge in [0.25, 0.3) is 0 Å². The van der Waals surface area contributed by atoms with Gasteiger partial charge in [-0.05, 0) is 18.1 Å². The number of para-hydroxylation sites is 1. The minimum atomic E-state index is -4.29. The van der Waals surface area contributed by atoms with Gasteiger partial charge in [-0.2, -0.15) is 13.2 Å². The minimum absolute atomic E-state index is 0.0970. The lowest BCUT2D eigenvalue weighted by Gasteiger charge is -2.25. The van der Waals surface area contributed by atoms with Gasteiger partial charge in [-0.1, -0.05) is 18.2 Å². The number of alkyl halides is 3. The van der Waals surface area contributed by atoms with Crippen LogP contribution in [0.2, 0.25) is 0 Å². The van der Waals surface area contributed by atoms with Crippen molar-refractivity contribution in [3.63, 3.8) is 0 Å². The molecule has 20 heavy (non-hydrogen) atoms. The van der Waals surface area contributed by atoms with E-state index in [2.05, 4.69) is 5.32 Å². The van der Waals surface area contributed by atoms with Crippen LogP contribution >= 0.6 is 0 Å². The van der Waals surface area contributed by atoms with E-state index in [0.717, 1.165) is 17.7 Å². The highest BCUT2D eigenvalue weighted by Gasteiger charge is 2.28. The molecule has 2 rings (SSSR count). The van der Waals surface area contributed by atoms with Crippen LogP contribution < -0.4 is 10.1 Å². The van der Waals surface area contributed by atoms with Crippen molar-refractivity contribution < 1.29 is 22.7 Å². The predicted octanol–water partition coefficient (Wildman–Crippen LogP) is 2.70. The van der Waals surface area contributed by atoms with E-state index in [1.165, 1.54) is 0 Å². The summed E-state index contributed by atoms with van der Waals surface area (Å²) >= 11 is 0. The maximum absolute atomic E-state index is 12.0. The van der Waals surface area contributed by atoms with Gasteiger partial charge in [-0.3, -0.25) is 4.79 Å². The quantitative estimate of drug-likeness (QED) is 0.924. The fourth-order valence-corrected chi connectivity index (χ4v) is 2.12. The van der Waals surface area contributed by atoms with Crippen LogP contribution in [0.5, 0.6) is 5.75 Å². The van der Waals surface area contributed by atoms with Gasteiger partial charge in [0.1, 0.15) is 5.75 Å². The first-order valence-electron chi connectivity index (χ1n) is 6.48. The number of ether oxygens (including phenoxy) is 1.